The number of nitrogens with zero attached hydrogens (tertiary/aromatic N) is 1. The molecule has 1 saturated heterocycles. The molecular formula is C12H25N3O. The maximum atomic E-state index is 11.2. The second-order valence-electron chi connectivity index (χ2n) is 4.81. The predicted molar refractivity (Wildman–Crippen MR) is 66.2 cm³/mol. The Balaban J connectivity index is 2.08. The van der Waals surface area contributed by atoms with E-state index in [1.165, 1.54) is 25.8 Å². The molecule has 1 aliphatic rings. The molecule has 2 atom stereocenters. The molecule has 2 unspecified atom stereocenters. The van der Waals surface area contributed by atoms with Crippen molar-refractivity contribution < 1.29 is 4.79 Å². The van der Waals surface area contributed by atoms with Crippen LogP contribution in [0.3, 0.4) is 0 Å². The van der Waals surface area contributed by atoms with Gasteiger partial charge in [0.15, 0.2) is 0 Å². The van der Waals surface area contributed by atoms with Crippen LogP contribution in [0.5, 0.6) is 0 Å². The number of carbonyl (C=O) groups is 1. The largest absolute Gasteiger partial charge is 0.355 e. The zero-order valence-electron chi connectivity index (χ0n) is 10.5. The van der Waals surface area contributed by atoms with Gasteiger partial charge in [-0.2, -0.15) is 0 Å². The maximum Gasteiger partial charge on any atom is 0.236 e. The molecule has 0 aromatic carbocycles. The van der Waals surface area contributed by atoms with Crippen LogP contribution in [0.15, 0.2) is 0 Å². The summed E-state index contributed by atoms with van der Waals surface area (Å²) in [7, 11) is 0. The van der Waals surface area contributed by atoms with Crippen LogP contribution in [0.1, 0.15) is 39.5 Å². The molecule has 0 radical (unpaired) electrons. The van der Waals surface area contributed by atoms with Gasteiger partial charge in [0.1, 0.15) is 0 Å². The van der Waals surface area contributed by atoms with Crippen molar-refractivity contribution in [2.75, 3.05) is 19.6 Å². The molecule has 0 aromatic heterocycles. The number of nitrogens with one attached hydrogen (secondary N) is 1. The summed E-state index contributed by atoms with van der Waals surface area (Å²) in [6.07, 6.45) is 5.00. The Hall–Kier alpha value is -0.610. The van der Waals surface area contributed by atoms with Gasteiger partial charge in [0, 0.05) is 19.1 Å². The van der Waals surface area contributed by atoms with Gasteiger partial charge in [0.25, 0.3) is 0 Å². The zero-order chi connectivity index (χ0) is 12.0. The first-order chi connectivity index (χ1) is 7.61. The van der Waals surface area contributed by atoms with Crippen LogP contribution in [0, 0.1) is 0 Å². The number of piperidine rings is 1. The van der Waals surface area contributed by atoms with E-state index >= 15 is 0 Å². The lowest BCUT2D eigenvalue weighted by molar-refractivity contribution is -0.121. The van der Waals surface area contributed by atoms with Crippen molar-refractivity contribution in [2.45, 2.75) is 51.6 Å². The van der Waals surface area contributed by atoms with Gasteiger partial charge < -0.3 is 16.0 Å². The highest BCUT2D eigenvalue weighted by atomic mass is 16.2. The molecule has 0 aromatic rings. The number of likely N-dealkylation sites (tertiary alicyclic amines) is 1. The molecule has 1 fully saturated rings. The third-order valence-electron chi connectivity index (χ3n) is 3.28. The Morgan fingerprint density at radius 3 is 2.94 bits per heavy atom. The molecule has 1 aliphatic heterocycles. The minimum Gasteiger partial charge on any atom is -0.355 e. The number of nitrogens with two attached hydrogens (primary N) is 1. The standard InChI is InChI=1S/C12H25N3O/c1-10-6-3-4-8-15(10)9-5-7-14-12(16)11(2)13/h10-11H,3-9,13H2,1-2H3,(H,14,16). The number of amides is 1. The topological polar surface area (TPSA) is 58.4 Å². The Morgan fingerprint density at radius 2 is 2.31 bits per heavy atom. The van der Waals surface area contributed by atoms with Crippen molar-refractivity contribution in [2.24, 2.45) is 5.73 Å². The van der Waals surface area contributed by atoms with Gasteiger partial charge in [-0.05, 0) is 39.7 Å². The number of rotatable bonds is 5. The Morgan fingerprint density at radius 1 is 1.56 bits per heavy atom. The predicted octanol–water partition coefficient (Wildman–Crippen LogP) is 0.714. The summed E-state index contributed by atoms with van der Waals surface area (Å²) in [5.41, 5.74) is 5.46. The highest BCUT2D eigenvalue weighted by molar-refractivity contribution is 5.80. The molecule has 0 aliphatic carbocycles. The summed E-state index contributed by atoms with van der Waals surface area (Å²) < 4.78 is 0. The second-order valence-corrected chi connectivity index (χ2v) is 4.81. The molecule has 1 rings (SSSR count). The molecule has 4 nitrogen and oxygen atoms in total. The molecule has 1 heterocycles. The number of carbonyl (C=O) groups excluding carboxylic acids is 1. The van der Waals surface area contributed by atoms with Crippen LogP contribution in [-0.4, -0.2) is 42.5 Å². The molecular weight excluding hydrogens is 202 g/mol. The van der Waals surface area contributed by atoms with E-state index in [-0.39, 0.29) is 5.91 Å². The van der Waals surface area contributed by atoms with Crippen molar-refractivity contribution in [3.63, 3.8) is 0 Å². The Bertz CT molecular complexity index is 218. The first kappa shape index (κ1) is 13.5. The van der Waals surface area contributed by atoms with Crippen LogP contribution in [-0.2, 0) is 4.79 Å². The normalized spacial score (nSPS) is 24.1. The third-order valence-corrected chi connectivity index (χ3v) is 3.28. The lowest BCUT2D eigenvalue weighted by Gasteiger charge is -2.33. The van der Waals surface area contributed by atoms with Gasteiger partial charge in [-0.25, -0.2) is 0 Å². The van der Waals surface area contributed by atoms with Crippen LogP contribution >= 0.6 is 0 Å². The molecule has 16 heavy (non-hydrogen) atoms. The Kier molecular flexibility index (Phi) is 5.77. The smallest absolute Gasteiger partial charge is 0.236 e. The van der Waals surface area contributed by atoms with Crippen LogP contribution < -0.4 is 11.1 Å². The van der Waals surface area contributed by atoms with Crippen LogP contribution in [0.4, 0.5) is 0 Å². The average molecular weight is 227 g/mol. The zero-order valence-corrected chi connectivity index (χ0v) is 10.5. The van der Waals surface area contributed by atoms with Crippen molar-refractivity contribution in [1.82, 2.24) is 10.2 Å². The summed E-state index contributed by atoms with van der Waals surface area (Å²) >= 11 is 0. The van der Waals surface area contributed by atoms with Crippen molar-refractivity contribution in [3.8, 4) is 0 Å². The van der Waals surface area contributed by atoms with E-state index in [4.69, 9.17) is 5.73 Å². The minimum atomic E-state index is -0.395. The van der Waals surface area contributed by atoms with Crippen molar-refractivity contribution >= 4 is 5.91 Å². The number of hydrogen-bond acceptors (Lipinski definition) is 3. The summed E-state index contributed by atoms with van der Waals surface area (Å²) in [6.45, 7) is 7.04. The van der Waals surface area contributed by atoms with E-state index < -0.39 is 6.04 Å². The summed E-state index contributed by atoms with van der Waals surface area (Å²) in [5, 5.41) is 2.85. The fourth-order valence-corrected chi connectivity index (χ4v) is 2.14. The quantitative estimate of drug-likeness (QED) is 0.680. The summed E-state index contributed by atoms with van der Waals surface area (Å²) in [6, 6.07) is 0.312. The molecule has 4 heteroatoms. The van der Waals surface area contributed by atoms with Gasteiger partial charge in [0.05, 0.1) is 6.04 Å². The minimum absolute atomic E-state index is 0.0494. The summed E-state index contributed by atoms with van der Waals surface area (Å²) in [5.74, 6) is -0.0494. The van der Waals surface area contributed by atoms with Crippen molar-refractivity contribution in [1.29, 1.82) is 0 Å². The lowest BCUT2D eigenvalue weighted by Crippen LogP contribution is -2.41. The van der Waals surface area contributed by atoms with Gasteiger partial charge in [-0.3, -0.25) is 4.79 Å². The maximum absolute atomic E-state index is 11.2. The lowest BCUT2D eigenvalue weighted by atomic mass is 10.0. The fourth-order valence-electron chi connectivity index (χ4n) is 2.14. The third kappa shape index (κ3) is 4.49. The molecule has 94 valence electrons. The first-order valence-corrected chi connectivity index (χ1v) is 6.38. The average Bonchev–Trinajstić information content (AvgIpc) is 2.26. The molecule has 3 N–H and O–H groups in total. The molecule has 1 amide bonds. The first-order valence-electron chi connectivity index (χ1n) is 6.38. The monoisotopic (exact) mass is 227 g/mol. The van der Waals surface area contributed by atoms with Gasteiger partial charge >= 0.3 is 0 Å². The van der Waals surface area contributed by atoms with Crippen LogP contribution in [0.2, 0.25) is 0 Å². The molecule has 0 bridgehead atoms. The highest BCUT2D eigenvalue weighted by Crippen LogP contribution is 2.15. The van der Waals surface area contributed by atoms with Crippen molar-refractivity contribution in [3.05, 3.63) is 0 Å². The van der Waals surface area contributed by atoms with E-state index in [9.17, 15) is 4.79 Å². The van der Waals surface area contributed by atoms with E-state index in [1.807, 2.05) is 0 Å². The molecule has 0 spiro atoms. The van der Waals surface area contributed by atoms with Gasteiger partial charge in [-0.15, -0.1) is 0 Å². The van der Waals surface area contributed by atoms with E-state index in [0.717, 1.165) is 19.5 Å². The van der Waals surface area contributed by atoms with Crippen LogP contribution in [0.25, 0.3) is 0 Å². The van der Waals surface area contributed by atoms with E-state index in [2.05, 4.69) is 17.1 Å². The van der Waals surface area contributed by atoms with E-state index in [0.29, 0.717) is 6.04 Å². The van der Waals surface area contributed by atoms with Gasteiger partial charge in [0.2, 0.25) is 5.91 Å². The SMILES string of the molecule is CC(N)C(=O)NCCCN1CCCCC1C. The summed E-state index contributed by atoms with van der Waals surface area (Å²) in [4.78, 5) is 13.7. The fraction of sp³-hybridized carbons (Fsp3) is 0.917. The molecule has 0 saturated carbocycles. The van der Waals surface area contributed by atoms with Gasteiger partial charge in [-0.1, -0.05) is 6.42 Å². The van der Waals surface area contributed by atoms with E-state index in [1.54, 1.807) is 6.92 Å². The second kappa shape index (κ2) is 6.86. The highest BCUT2D eigenvalue weighted by Gasteiger charge is 2.17. The Labute approximate surface area is 98.6 Å². The number of hydrogen-bond donors (Lipinski definition) is 2.